The van der Waals surface area contributed by atoms with Gasteiger partial charge in [0.2, 0.25) is 0 Å². The minimum atomic E-state index is -0.293. The van der Waals surface area contributed by atoms with E-state index in [1.165, 1.54) is 0 Å². The molecule has 0 radical (unpaired) electrons. The topological polar surface area (TPSA) is 59.6 Å². The summed E-state index contributed by atoms with van der Waals surface area (Å²) in [6, 6.07) is 12.6. The molecule has 0 spiro atoms. The first kappa shape index (κ1) is 22.2. The van der Waals surface area contributed by atoms with Crippen LogP contribution in [-0.2, 0) is 0 Å². The number of thiocarbonyl (C=S) groups is 1. The van der Waals surface area contributed by atoms with Gasteiger partial charge in [0.1, 0.15) is 11.5 Å². The van der Waals surface area contributed by atoms with E-state index in [2.05, 4.69) is 33.5 Å². The molecule has 0 bridgehead atoms. The highest BCUT2D eigenvalue weighted by molar-refractivity contribution is 9.10. The summed E-state index contributed by atoms with van der Waals surface area (Å²) in [6.45, 7) is 6.70. The molecule has 2 N–H and O–H groups in total. The summed E-state index contributed by atoms with van der Waals surface area (Å²) in [6.07, 6.45) is 2.16. The molecule has 0 atom stereocenters. The van der Waals surface area contributed by atoms with E-state index >= 15 is 0 Å². The third-order valence-corrected chi connectivity index (χ3v) is 4.48. The second kappa shape index (κ2) is 11.0. The van der Waals surface area contributed by atoms with Gasteiger partial charge in [0, 0.05) is 11.3 Å². The molecule has 0 saturated heterocycles. The fraction of sp³-hybridized carbons (Fsp3) is 0.333. The number of amides is 1. The van der Waals surface area contributed by atoms with E-state index in [0.717, 1.165) is 34.5 Å². The van der Waals surface area contributed by atoms with Gasteiger partial charge < -0.3 is 14.8 Å². The Morgan fingerprint density at radius 2 is 1.89 bits per heavy atom. The van der Waals surface area contributed by atoms with Gasteiger partial charge in [-0.3, -0.25) is 10.1 Å². The van der Waals surface area contributed by atoms with Gasteiger partial charge in [-0.2, -0.15) is 0 Å². The molecule has 0 saturated carbocycles. The van der Waals surface area contributed by atoms with Crippen molar-refractivity contribution in [3.05, 3.63) is 52.5 Å². The molecule has 0 heterocycles. The van der Waals surface area contributed by atoms with Crippen LogP contribution in [0.4, 0.5) is 5.69 Å². The third-order valence-electron chi connectivity index (χ3n) is 3.66. The number of rotatable bonds is 8. The van der Waals surface area contributed by atoms with Crippen LogP contribution < -0.4 is 20.1 Å². The summed E-state index contributed by atoms with van der Waals surface area (Å²) < 4.78 is 12.0. The SMILES string of the molecule is CCCCOc1ccc(C(=O)NC(=S)Nc2ccc(OC(C)C)cc2)cc1Br. The standard InChI is InChI=1S/C21H25BrN2O3S/c1-4-5-12-26-19-11-6-15(13-18(19)22)20(25)24-21(28)23-16-7-9-17(10-8-16)27-14(2)3/h6-11,13-14H,4-5,12H2,1-3H3,(H2,23,24,25,28). The second-order valence-electron chi connectivity index (χ2n) is 6.45. The van der Waals surface area contributed by atoms with Gasteiger partial charge in [-0.05, 0) is 90.9 Å². The first-order chi connectivity index (χ1) is 13.4. The van der Waals surface area contributed by atoms with Crippen molar-refractivity contribution in [2.24, 2.45) is 0 Å². The molecular formula is C21H25BrN2O3S. The Hall–Kier alpha value is -2.12. The van der Waals surface area contributed by atoms with Crippen molar-refractivity contribution in [3.63, 3.8) is 0 Å². The van der Waals surface area contributed by atoms with Crippen LogP contribution in [0.25, 0.3) is 0 Å². The van der Waals surface area contributed by atoms with Crippen molar-refractivity contribution in [1.82, 2.24) is 5.32 Å². The number of hydrogen-bond acceptors (Lipinski definition) is 4. The van der Waals surface area contributed by atoms with E-state index in [4.69, 9.17) is 21.7 Å². The lowest BCUT2D eigenvalue weighted by Crippen LogP contribution is -2.34. The number of anilines is 1. The number of ether oxygens (including phenoxy) is 2. The highest BCUT2D eigenvalue weighted by atomic mass is 79.9. The normalized spacial score (nSPS) is 10.5. The van der Waals surface area contributed by atoms with Crippen molar-refractivity contribution in [3.8, 4) is 11.5 Å². The quantitative estimate of drug-likeness (QED) is 0.396. The molecule has 0 aliphatic rings. The lowest BCUT2D eigenvalue weighted by atomic mass is 10.2. The van der Waals surface area contributed by atoms with Gasteiger partial charge in [-0.15, -0.1) is 0 Å². The largest absolute Gasteiger partial charge is 0.492 e. The molecular weight excluding hydrogens is 440 g/mol. The zero-order valence-corrected chi connectivity index (χ0v) is 18.7. The Morgan fingerprint density at radius 3 is 2.50 bits per heavy atom. The number of halogens is 1. The Morgan fingerprint density at radius 1 is 1.18 bits per heavy atom. The molecule has 1 amide bonds. The van der Waals surface area contributed by atoms with Crippen LogP contribution in [-0.4, -0.2) is 23.7 Å². The smallest absolute Gasteiger partial charge is 0.257 e. The Kier molecular flexibility index (Phi) is 8.73. The maximum absolute atomic E-state index is 12.4. The van der Waals surface area contributed by atoms with Crippen LogP contribution in [0.2, 0.25) is 0 Å². The van der Waals surface area contributed by atoms with Crippen LogP contribution in [0.15, 0.2) is 46.9 Å². The monoisotopic (exact) mass is 464 g/mol. The van der Waals surface area contributed by atoms with Gasteiger partial charge in [-0.1, -0.05) is 13.3 Å². The fourth-order valence-corrected chi connectivity index (χ4v) is 3.02. The summed E-state index contributed by atoms with van der Waals surface area (Å²) in [5.41, 5.74) is 1.25. The zero-order valence-electron chi connectivity index (χ0n) is 16.3. The summed E-state index contributed by atoms with van der Waals surface area (Å²) in [7, 11) is 0. The van der Waals surface area contributed by atoms with E-state index in [1.807, 2.05) is 38.1 Å². The number of nitrogens with one attached hydrogen (secondary N) is 2. The Balaban J connectivity index is 1.91. The van der Waals surface area contributed by atoms with Gasteiger partial charge in [0.05, 0.1) is 17.2 Å². The molecule has 0 aliphatic heterocycles. The highest BCUT2D eigenvalue weighted by Crippen LogP contribution is 2.26. The summed E-state index contributed by atoms with van der Waals surface area (Å²) >= 11 is 8.68. The number of carbonyl (C=O) groups is 1. The molecule has 0 unspecified atom stereocenters. The fourth-order valence-electron chi connectivity index (χ4n) is 2.31. The van der Waals surface area contributed by atoms with E-state index in [9.17, 15) is 4.79 Å². The molecule has 150 valence electrons. The molecule has 2 aromatic rings. The third kappa shape index (κ3) is 7.13. The second-order valence-corrected chi connectivity index (χ2v) is 7.71. The molecule has 28 heavy (non-hydrogen) atoms. The van der Waals surface area contributed by atoms with Gasteiger partial charge in [0.15, 0.2) is 5.11 Å². The summed E-state index contributed by atoms with van der Waals surface area (Å²) in [5, 5.41) is 5.89. The zero-order chi connectivity index (χ0) is 20.5. The highest BCUT2D eigenvalue weighted by Gasteiger charge is 2.11. The maximum atomic E-state index is 12.4. The summed E-state index contributed by atoms with van der Waals surface area (Å²) in [4.78, 5) is 12.4. The number of benzene rings is 2. The van der Waals surface area contributed by atoms with Crippen LogP contribution in [0.1, 0.15) is 44.0 Å². The summed E-state index contributed by atoms with van der Waals surface area (Å²) in [5.74, 6) is 1.20. The van der Waals surface area contributed by atoms with Gasteiger partial charge in [-0.25, -0.2) is 0 Å². The van der Waals surface area contributed by atoms with Crippen molar-refractivity contribution < 1.29 is 14.3 Å². The lowest BCUT2D eigenvalue weighted by Gasteiger charge is -2.13. The molecule has 0 aliphatic carbocycles. The minimum Gasteiger partial charge on any atom is -0.492 e. The van der Waals surface area contributed by atoms with E-state index in [-0.39, 0.29) is 17.1 Å². The predicted octanol–water partition coefficient (Wildman–Crippen LogP) is 5.54. The molecule has 5 nitrogen and oxygen atoms in total. The van der Waals surface area contributed by atoms with E-state index < -0.39 is 0 Å². The van der Waals surface area contributed by atoms with Crippen molar-refractivity contribution in [1.29, 1.82) is 0 Å². The van der Waals surface area contributed by atoms with Crippen LogP contribution in [0.5, 0.6) is 11.5 Å². The van der Waals surface area contributed by atoms with E-state index in [0.29, 0.717) is 12.2 Å². The van der Waals surface area contributed by atoms with Gasteiger partial charge in [0.25, 0.3) is 5.91 Å². The molecule has 0 fully saturated rings. The first-order valence-corrected chi connectivity index (χ1v) is 10.4. The lowest BCUT2D eigenvalue weighted by molar-refractivity contribution is 0.0977. The number of hydrogen-bond donors (Lipinski definition) is 2. The number of unbranched alkanes of at least 4 members (excludes halogenated alkanes) is 1. The maximum Gasteiger partial charge on any atom is 0.257 e. The minimum absolute atomic E-state index is 0.113. The molecule has 7 heteroatoms. The first-order valence-electron chi connectivity index (χ1n) is 9.20. The molecule has 2 rings (SSSR count). The average Bonchev–Trinajstić information content (AvgIpc) is 2.64. The van der Waals surface area contributed by atoms with Crippen molar-refractivity contribution in [2.75, 3.05) is 11.9 Å². The average molecular weight is 465 g/mol. The van der Waals surface area contributed by atoms with E-state index in [1.54, 1.807) is 18.2 Å². The van der Waals surface area contributed by atoms with Crippen LogP contribution in [0.3, 0.4) is 0 Å². The van der Waals surface area contributed by atoms with Crippen LogP contribution in [0, 0.1) is 0 Å². The number of carbonyl (C=O) groups excluding carboxylic acids is 1. The Labute approximate surface area is 179 Å². The van der Waals surface area contributed by atoms with Crippen LogP contribution >= 0.6 is 28.1 Å². The van der Waals surface area contributed by atoms with Crippen molar-refractivity contribution >= 4 is 44.9 Å². The molecule has 0 aromatic heterocycles. The molecule has 2 aromatic carbocycles. The van der Waals surface area contributed by atoms with Gasteiger partial charge >= 0.3 is 0 Å². The van der Waals surface area contributed by atoms with Crippen molar-refractivity contribution in [2.45, 2.75) is 39.7 Å². The Bertz CT molecular complexity index is 810. The predicted molar refractivity (Wildman–Crippen MR) is 120 cm³/mol.